The van der Waals surface area contributed by atoms with E-state index in [0.717, 1.165) is 23.4 Å². The van der Waals surface area contributed by atoms with Crippen molar-refractivity contribution >= 4 is 28.3 Å². The van der Waals surface area contributed by atoms with Gasteiger partial charge < -0.3 is 10.2 Å². The quantitative estimate of drug-likeness (QED) is 0.898. The number of nitrogens with zero attached hydrogens (tertiary/aromatic N) is 5. The zero-order valence-electron chi connectivity index (χ0n) is 12.7. The first kappa shape index (κ1) is 14.3. The minimum Gasteiger partial charge on any atom is -0.332 e. The second kappa shape index (κ2) is 5.41. The highest BCUT2D eigenvalue weighted by atomic mass is 32.1. The standard InChI is InChI=1S/C14H16N6O2S/c1-19-6-10(17-18-19)13(22)20-5-4-9-11(7-20)23-14(15-9)16-12(21)8-2-3-8/h6,8H,2-5,7H2,1H3,(H,15,16,21). The number of carbonyl (C=O) groups excluding carboxylic acids is 2. The summed E-state index contributed by atoms with van der Waals surface area (Å²) in [6.07, 6.45) is 4.25. The summed E-state index contributed by atoms with van der Waals surface area (Å²) in [5.41, 5.74) is 1.33. The number of anilines is 1. The van der Waals surface area contributed by atoms with Gasteiger partial charge in [0.1, 0.15) is 0 Å². The highest BCUT2D eigenvalue weighted by Gasteiger charge is 2.31. The number of amides is 2. The molecule has 0 radical (unpaired) electrons. The van der Waals surface area contributed by atoms with E-state index < -0.39 is 0 Å². The topological polar surface area (TPSA) is 93.0 Å². The lowest BCUT2D eigenvalue weighted by atomic mass is 10.1. The number of thiazole rings is 1. The first-order valence-electron chi connectivity index (χ1n) is 7.55. The van der Waals surface area contributed by atoms with Crippen LogP contribution in [-0.2, 0) is 24.8 Å². The van der Waals surface area contributed by atoms with Crippen LogP contribution in [0.3, 0.4) is 0 Å². The molecule has 1 aliphatic heterocycles. The Labute approximate surface area is 136 Å². The number of hydrogen-bond acceptors (Lipinski definition) is 6. The summed E-state index contributed by atoms with van der Waals surface area (Å²) in [6.45, 7) is 1.10. The van der Waals surface area contributed by atoms with Gasteiger partial charge in [-0.05, 0) is 12.8 Å². The molecule has 0 saturated heterocycles. The Kier molecular flexibility index (Phi) is 3.37. The first-order chi connectivity index (χ1) is 11.1. The van der Waals surface area contributed by atoms with E-state index in [2.05, 4.69) is 20.6 Å². The third-order valence-corrected chi connectivity index (χ3v) is 5.02. The van der Waals surface area contributed by atoms with Crippen LogP contribution in [0.2, 0.25) is 0 Å². The predicted molar refractivity (Wildman–Crippen MR) is 82.9 cm³/mol. The molecule has 1 N–H and O–H groups in total. The van der Waals surface area contributed by atoms with Gasteiger partial charge in [-0.1, -0.05) is 16.6 Å². The zero-order valence-corrected chi connectivity index (χ0v) is 13.5. The molecule has 0 bridgehead atoms. The number of aromatic nitrogens is 4. The molecule has 1 aliphatic carbocycles. The molecule has 9 heteroatoms. The summed E-state index contributed by atoms with van der Waals surface area (Å²) in [5, 5.41) is 11.2. The summed E-state index contributed by atoms with van der Waals surface area (Å²) in [6, 6.07) is 0. The lowest BCUT2D eigenvalue weighted by Gasteiger charge is -2.25. The van der Waals surface area contributed by atoms with E-state index in [1.54, 1.807) is 18.1 Å². The summed E-state index contributed by atoms with van der Waals surface area (Å²) >= 11 is 1.45. The fourth-order valence-electron chi connectivity index (χ4n) is 2.58. The normalized spacial score (nSPS) is 17.0. The SMILES string of the molecule is Cn1cc(C(=O)N2CCc3nc(NC(=O)C4CC4)sc3C2)nn1. The Morgan fingerprint density at radius 1 is 1.39 bits per heavy atom. The molecule has 2 aromatic rings. The number of hydrogen-bond donors (Lipinski definition) is 1. The van der Waals surface area contributed by atoms with Crippen molar-refractivity contribution in [2.75, 3.05) is 11.9 Å². The number of fused-ring (bicyclic) bond motifs is 1. The van der Waals surface area contributed by atoms with Crippen LogP contribution < -0.4 is 5.32 Å². The van der Waals surface area contributed by atoms with Crippen LogP contribution in [0.5, 0.6) is 0 Å². The average molecular weight is 332 g/mol. The monoisotopic (exact) mass is 332 g/mol. The maximum atomic E-state index is 12.4. The third-order valence-electron chi connectivity index (χ3n) is 4.02. The van der Waals surface area contributed by atoms with Crippen LogP contribution in [-0.4, -0.2) is 43.2 Å². The third kappa shape index (κ3) is 2.83. The molecule has 120 valence electrons. The smallest absolute Gasteiger partial charge is 0.276 e. The summed E-state index contributed by atoms with van der Waals surface area (Å²) in [5.74, 6) is 0.0926. The fourth-order valence-corrected chi connectivity index (χ4v) is 3.61. The molecule has 0 spiro atoms. The predicted octanol–water partition coefficient (Wildman–Crippen LogP) is 0.819. The van der Waals surface area contributed by atoms with Crippen LogP contribution in [0.25, 0.3) is 0 Å². The van der Waals surface area contributed by atoms with Gasteiger partial charge in [-0.2, -0.15) is 0 Å². The molecule has 23 heavy (non-hydrogen) atoms. The van der Waals surface area contributed by atoms with E-state index in [9.17, 15) is 9.59 Å². The Morgan fingerprint density at radius 2 is 2.22 bits per heavy atom. The Morgan fingerprint density at radius 3 is 2.91 bits per heavy atom. The molecule has 1 fully saturated rings. The zero-order chi connectivity index (χ0) is 16.0. The lowest BCUT2D eigenvalue weighted by molar-refractivity contribution is -0.117. The lowest BCUT2D eigenvalue weighted by Crippen LogP contribution is -2.35. The van der Waals surface area contributed by atoms with Gasteiger partial charge in [0.2, 0.25) is 5.91 Å². The number of rotatable bonds is 3. The minimum atomic E-state index is -0.124. The Bertz CT molecular complexity index is 778. The summed E-state index contributed by atoms with van der Waals surface area (Å²) < 4.78 is 1.51. The van der Waals surface area contributed by atoms with E-state index in [1.807, 2.05) is 0 Å². The van der Waals surface area contributed by atoms with Crippen LogP contribution in [0, 0.1) is 5.92 Å². The number of carbonyl (C=O) groups is 2. The number of nitrogens with one attached hydrogen (secondary N) is 1. The van der Waals surface area contributed by atoms with E-state index in [-0.39, 0.29) is 17.7 Å². The van der Waals surface area contributed by atoms with Crippen molar-refractivity contribution in [3.63, 3.8) is 0 Å². The molecular weight excluding hydrogens is 316 g/mol. The molecule has 8 nitrogen and oxygen atoms in total. The molecule has 1 saturated carbocycles. The molecule has 0 unspecified atom stereocenters. The summed E-state index contributed by atoms with van der Waals surface area (Å²) in [7, 11) is 1.73. The summed E-state index contributed by atoms with van der Waals surface area (Å²) in [4.78, 5) is 31.5. The average Bonchev–Trinajstić information content (AvgIpc) is 3.18. The fraction of sp³-hybridized carbons (Fsp3) is 0.500. The van der Waals surface area contributed by atoms with Crippen molar-refractivity contribution in [2.45, 2.75) is 25.8 Å². The Hall–Kier alpha value is -2.29. The van der Waals surface area contributed by atoms with Gasteiger partial charge in [-0.15, -0.1) is 5.10 Å². The van der Waals surface area contributed by atoms with E-state index in [4.69, 9.17) is 0 Å². The molecule has 0 aromatic carbocycles. The van der Waals surface area contributed by atoms with Gasteiger partial charge in [-0.3, -0.25) is 14.3 Å². The molecule has 2 aromatic heterocycles. The maximum Gasteiger partial charge on any atom is 0.276 e. The largest absolute Gasteiger partial charge is 0.332 e. The molecular formula is C14H16N6O2S. The minimum absolute atomic E-state index is 0.0589. The van der Waals surface area contributed by atoms with Crippen molar-refractivity contribution in [3.8, 4) is 0 Å². The Balaban J connectivity index is 1.47. The van der Waals surface area contributed by atoms with Crippen LogP contribution in [0.15, 0.2) is 6.20 Å². The van der Waals surface area contributed by atoms with Crippen molar-refractivity contribution in [1.82, 2.24) is 24.9 Å². The van der Waals surface area contributed by atoms with Gasteiger partial charge in [0.15, 0.2) is 10.8 Å². The number of aryl methyl sites for hydroxylation is 1. The maximum absolute atomic E-state index is 12.4. The molecule has 2 aliphatic rings. The highest BCUT2D eigenvalue weighted by molar-refractivity contribution is 7.15. The second-order valence-electron chi connectivity index (χ2n) is 5.91. The van der Waals surface area contributed by atoms with Gasteiger partial charge in [0, 0.05) is 30.8 Å². The van der Waals surface area contributed by atoms with Gasteiger partial charge in [0.25, 0.3) is 5.91 Å². The molecule has 4 rings (SSSR count). The van der Waals surface area contributed by atoms with Crippen molar-refractivity contribution in [2.24, 2.45) is 13.0 Å². The van der Waals surface area contributed by atoms with E-state index in [1.165, 1.54) is 16.0 Å². The highest BCUT2D eigenvalue weighted by Crippen LogP contribution is 2.33. The van der Waals surface area contributed by atoms with Crippen LogP contribution in [0.4, 0.5) is 5.13 Å². The van der Waals surface area contributed by atoms with Crippen molar-refractivity contribution in [3.05, 3.63) is 22.5 Å². The molecule has 2 amide bonds. The molecule has 0 atom stereocenters. The van der Waals surface area contributed by atoms with Crippen molar-refractivity contribution < 1.29 is 9.59 Å². The van der Waals surface area contributed by atoms with E-state index >= 15 is 0 Å². The van der Waals surface area contributed by atoms with Gasteiger partial charge >= 0.3 is 0 Å². The van der Waals surface area contributed by atoms with Crippen LogP contribution >= 0.6 is 11.3 Å². The second-order valence-corrected chi connectivity index (χ2v) is 6.99. The first-order valence-corrected chi connectivity index (χ1v) is 8.37. The van der Waals surface area contributed by atoms with Crippen LogP contribution in [0.1, 0.15) is 33.9 Å². The van der Waals surface area contributed by atoms with Gasteiger partial charge in [-0.25, -0.2) is 4.98 Å². The van der Waals surface area contributed by atoms with Crippen molar-refractivity contribution in [1.29, 1.82) is 0 Å². The van der Waals surface area contributed by atoms with E-state index in [0.29, 0.717) is 30.3 Å². The molecule has 3 heterocycles. The van der Waals surface area contributed by atoms with Gasteiger partial charge in [0.05, 0.1) is 18.4 Å².